The van der Waals surface area contributed by atoms with Crippen molar-refractivity contribution >= 4 is 14.3 Å². The highest BCUT2D eigenvalue weighted by Gasteiger charge is 2.60. The summed E-state index contributed by atoms with van der Waals surface area (Å²) in [7, 11) is -2.36. The molecule has 4 aliphatic heterocycles. The largest absolute Gasteiger partial charge is 0.454 e. The Morgan fingerprint density at radius 2 is 1.32 bits per heavy atom. The fourth-order valence-electron chi connectivity index (χ4n) is 9.73. The smallest absolute Gasteiger partial charge is 0.303 e. The van der Waals surface area contributed by atoms with Crippen LogP contribution in [0.5, 0.6) is 0 Å². The number of carbonyl (C=O) groups is 1. The summed E-state index contributed by atoms with van der Waals surface area (Å²) in [4.78, 5) is 12.5. The first-order valence-corrected chi connectivity index (χ1v) is 23.8. The van der Waals surface area contributed by atoms with Gasteiger partial charge in [0.2, 0.25) is 8.32 Å². The Hall–Kier alpha value is -2.27. The summed E-state index contributed by atoms with van der Waals surface area (Å²) >= 11 is 0. The van der Waals surface area contributed by atoms with E-state index in [4.69, 9.17) is 51.8 Å². The highest BCUT2D eigenvalue weighted by Crippen LogP contribution is 2.47. The van der Waals surface area contributed by atoms with Crippen molar-refractivity contribution in [1.29, 1.82) is 0 Å². The molecule has 2 aromatic rings. The molecule has 4 saturated heterocycles. The van der Waals surface area contributed by atoms with Crippen molar-refractivity contribution in [3.8, 4) is 0 Å². The van der Waals surface area contributed by atoms with Crippen molar-refractivity contribution in [3.05, 3.63) is 71.8 Å². The second-order valence-electron chi connectivity index (χ2n) is 18.5. The molecule has 0 aliphatic carbocycles. The third kappa shape index (κ3) is 10.3. The van der Waals surface area contributed by atoms with Crippen LogP contribution in [-0.4, -0.2) is 101 Å². The van der Waals surface area contributed by atoms with E-state index in [9.17, 15) is 4.79 Å². The Morgan fingerprint density at radius 1 is 0.746 bits per heavy atom. The molecule has 4 unspecified atom stereocenters. The maximum atomic E-state index is 12.5. The van der Waals surface area contributed by atoms with Crippen molar-refractivity contribution in [2.24, 2.45) is 11.8 Å². The minimum Gasteiger partial charge on any atom is -0.454 e. The summed E-state index contributed by atoms with van der Waals surface area (Å²) in [5, 5.41) is 0. The van der Waals surface area contributed by atoms with Crippen LogP contribution in [0.15, 0.2) is 60.7 Å². The Bertz CT molecular complexity index is 1600. The number of carbonyl (C=O) groups excluding carboxylic acids is 1. The topological polar surface area (TPSA) is 119 Å². The Morgan fingerprint density at radius 3 is 1.92 bits per heavy atom. The molecule has 2 aromatic carbocycles. The van der Waals surface area contributed by atoms with E-state index in [2.05, 4.69) is 48.5 Å². The summed E-state index contributed by atoms with van der Waals surface area (Å²) < 4.78 is 73.0. The third-order valence-corrected chi connectivity index (χ3v) is 18.7. The Balaban J connectivity index is 1.23. The van der Waals surface area contributed by atoms with Crippen molar-refractivity contribution < 1.29 is 56.6 Å². The van der Waals surface area contributed by atoms with E-state index >= 15 is 0 Å². The van der Waals surface area contributed by atoms with E-state index < -0.39 is 81.2 Å². The van der Waals surface area contributed by atoms with E-state index in [0.717, 1.165) is 11.1 Å². The average Bonchev–Trinajstić information content (AvgIpc) is 3.67. The first-order valence-electron chi connectivity index (χ1n) is 21.7. The molecule has 330 valence electrons. The first-order chi connectivity index (χ1) is 28.0. The highest BCUT2D eigenvalue weighted by atomic mass is 28.4. The Kier molecular flexibility index (Phi) is 15.2. The van der Waals surface area contributed by atoms with Gasteiger partial charge >= 0.3 is 5.97 Å². The molecule has 6 rings (SSSR count). The molecule has 4 aliphatic rings. The number of benzene rings is 2. The first kappa shape index (κ1) is 46.2. The van der Waals surface area contributed by atoms with Crippen LogP contribution in [-0.2, 0) is 69.8 Å². The van der Waals surface area contributed by atoms with Gasteiger partial charge in [0.25, 0.3) is 0 Å². The second-order valence-corrected chi connectivity index (χ2v) is 23.9. The number of fused-ring (bicyclic) bond motifs is 1. The van der Waals surface area contributed by atoms with Gasteiger partial charge in [-0.05, 0) is 48.5 Å². The van der Waals surface area contributed by atoms with Crippen LogP contribution < -0.4 is 0 Å². The molecule has 12 atom stereocenters. The van der Waals surface area contributed by atoms with Gasteiger partial charge in [-0.1, -0.05) is 116 Å². The minimum atomic E-state index is -2.36. The lowest BCUT2D eigenvalue weighted by atomic mass is 9.91. The molecule has 0 radical (unpaired) electrons. The summed E-state index contributed by atoms with van der Waals surface area (Å²) in [6.45, 7) is 26.1. The summed E-state index contributed by atoms with van der Waals surface area (Å²) in [5.74, 6) is -1.79. The molecular weight excluding hydrogens is 773 g/mol. The maximum Gasteiger partial charge on any atom is 0.303 e. The lowest BCUT2D eigenvalue weighted by Crippen LogP contribution is -2.63. The predicted octanol–water partition coefficient (Wildman–Crippen LogP) is 8.30. The summed E-state index contributed by atoms with van der Waals surface area (Å²) in [6.07, 6.45) is -5.49. The fraction of sp³-hybridized carbons (Fsp3) is 0.717. The molecule has 12 nitrogen and oxygen atoms in total. The van der Waals surface area contributed by atoms with Gasteiger partial charge in [0.05, 0.1) is 51.2 Å². The lowest BCUT2D eigenvalue weighted by molar-refractivity contribution is -0.339. The molecule has 13 heteroatoms. The van der Waals surface area contributed by atoms with Crippen LogP contribution in [0, 0.1) is 11.8 Å². The molecule has 0 aromatic heterocycles. The number of rotatable bonds is 17. The van der Waals surface area contributed by atoms with Crippen LogP contribution in [0.4, 0.5) is 0 Å². The fourth-order valence-corrected chi connectivity index (χ4v) is 15.1. The van der Waals surface area contributed by atoms with Crippen LogP contribution >= 0.6 is 0 Å². The normalized spacial score (nSPS) is 34.7. The SMILES string of the molecule is CC(=O)O[C@@]1(COCc2ccccc2)CO[C@@H](O[C@H]2C(OCc3ccccc3)[C@H](O[C@H]3C(C)O[C@@H](O[Si](C(C)C)(C(C)C)C(C)C)[C@H]4OC(C)(C)OC34)OC[C@H]2C)C1C. The zero-order valence-corrected chi connectivity index (χ0v) is 38.3. The molecule has 0 saturated carbocycles. The van der Waals surface area contributed by atoms with Crippen molar-refractivity contribution in [2.75, 3.05) is 19.8 Å². The van der Waals surface area contributed by atoms with Crippen LogP contribution in [0.3, 0.4) is 0 Å². The number of hydrogen-bond acceptors (Lipinski definition) is 12. The zero-order valence-electron chi connectivity index (χ0n) is 37.3. The van der Waals surface area contributed by atoms with Gasteiger partial charge in [-0.2, -0.15) is 0 Å². The van der Waals surface area contributed by atoms with E-state index in [1.807, 2.05) is 88.4 Å². The Labute approximate surface area is 353 Å². The van der Waals surface area contributed by atoms with Crippen LogP contribution in [0.2, 0.25) is 16.6 Å². The van der Waals surface area contributed by atoms with Gasteiger partial charge in [0, 0.05) is 12.8 Å². The highest BCUT2D eigenvalue weighted by molar-refractivity contribution is 6.77. The summed E-state index contributed by atoms with van der Waals surface area (Å²) in [6, 6.07) is 19.9. The molecule has 4 heterocycles. The van der Waals surface area contributed by atoms with Crippen LogP contribution in [0.25, 0.3) is 0 Å². The quantitative estimate of drug-likeness (QED) is 0.113. The van der Waals surface area contributed by atoms with Gasteiger partial charge in [0.15, 0.2) is 30.3 Å². The molecule has 0 N–H and O–H groups in total. The predicted molar refractivity (Wildman–Crippen MR) is 223 cm³/mol. The van der Waals surface area contributed by atoms with Gasteiger partial charge in [-0.15, -0.1) is 0 Å². The molecular formula is C46H70O12Si. The number of ether oxygens (including phenoxy) is 10. The lowest BCUT2D eigenvalue weighted by Gasteiger charge is -2.50. The zero-order chi connectivity index (χ0) is 42.7. The second kappa shape index (κ2) is 19.4. The van der Waals surface area contributed by atoms with E-state index in [1.165, 1.54) is 6.92 Å². The molecule has 0 amide bonds. The van der Waals surface area contributed by atoms with Crippen LogP contribution in [0.1, 0.15) is 94.2 Å². The average molecular weight is 843 g/mol. The minimum absolute atomic E-state index is 0.110. The van der Waals surface area contributed by atoms with Gasteiger partial charge in [-0.3, -0.25) is 4.79 Å². The molecule has 59 heavy (non-hydrogen) atoms. The summed E-state index contributed by atoms with van der Waals surface area (Å²) in [5.41, 5.74) is 2.03. The number of esters is 1. The standard InChI is InChI=1S/C46H70O12Si/c1-28(2)59(29(3)4,30(5)6)58-44-41-39(56-45(11,12)57-41)38(33(9)52-44)54-43-40(49-25-36-21-17-14-18-22-36)37(31(7)23-50-43)53-42-32(8)46(27-51-42,55-34(10)47)26-48-24-35-19-15-13-16-20-35/h13-22,28-33,37-44H,23-27H2,1-12H3/t31-,32?,33?,37-,38+,39?,40?,41+,42+,43+,44+,46+/m1/s1. The molecule has 0 bridgehead atoms. The van der Waals surface area contributed by atoms with E-state index in [0.29, 0.717) is 36.4 Å². The molecule has 0 spiro atoms. The molecule has 4 fully saturated rings. The van der Waals surface area contributed by atoms with Crippen molar-refractivity contribution in [2.45, 2.75) is 180 Å². The van der Waals surface area contributed by atoms with Gasteiger partial charge in [-0.25, -0.2) is 0 Å². The van der Waals surface area contributed by atoms with Crippen molar-refractivity contribution in [1.82, 2.24) is 0 Å². The number of hydrogen-bond donors (Lipinski definition) is 0. The van der Waals surface area contributed by atoms with E-state index in [1.54, 1.807) is 0 Å². The van der Waals surface area contributed by atoms with Crippen molar-refractivity contribution in [3.63, 3.8) is 0 Å². The van der Waals surface area contributed by atoms with Gasteiger partial charge in [0.1, 0.15) is 24.4 Å². The third-order valence-electron chi connectivity index (χ3n) is 12.7. The monoisotopic (exact) mass is 842 g/mol. The van der Waals surface area contributed by atoms with E-state index in [-0.39, 0.29) is 25.0 Å². The maximum absolute atomic E-state index is 12.5. The van der Waals surface area contributed by atoms with Gasteiger partial charge < -0.3 is 51.8 Å².